The monoisotopic (exact) mass is 358 g/mol. The SMILES string of the molecule is CCC(C)N1C(=O)c2ccccc2NC1c1ccc(Br)cc1. The summed E-state index contributed by atoms with van der Waals surface area (Å²) in [6.45, 7) is 4.20. The molecule has 1 aliphatic rings. The Bertz CT molecular complexity index is 684. The van der Waals surface area contributed by atoms with Gasteiger partial charge in [-0.2, -0.15) is 0 Å². The molecule has 22 heavy (non-hydrogen) atoms. The number of hydrogen-bond donors (Lipinski definition) is 1. The highest BCUT2D eigenvalue weighted by Gasteiger charge is 2.35. The van der Waals surface area contributed by atoms with Crippen LogP contribution >= 0.6 is 15.9 Å². The predicted molar refractivity (Wildman–Crippen MR) is 92.9 cm³/mol. The van der Waals surface area contributed by atoms with Crippen molar-refractivity contribution in [1.29, 1.82) is 0 Å². The molecule has 0 spiro atoms. The third-order valence-corrected chi connectivity index (χ3v) is 4.74. The number of rotatable bonds is 3. The van der Waals surface area contributed by atoms with Gasteiger partial charge < -0.3 is 10.2 Å². The molecule has 0 radical (unpaired) electrons. The fourth-order valence-corrected chi connectivity index (χ4v) is 3.07. The van der Waals surface area contributed by atoms with E-state index in [1.807, 2.05) is 41.3 Å². The van der Waals surface area contributed by atoms with Crippen LogP contribution in [-0.4, -0.2) is 16.8 Å². The molecule has 1 amide bonds. The number of carbonyl (C=O) groups excluding carboxylic acids is 1. The van der Waals surface area contributed by atoms with Gasteiger partial charge in [-0.05, 0) is 43.2 Å². The molecule has 1 N–H and O–H groups in total. The minimum Gasteiger partial charge on any atom is -0.361 e. The Balaban J connectivity index is 2.06. The first kappa shape index (κ1) is 15.1. The molecule has 0 aromatic heterocycles. The van der Waals surface area contributed by atoms with Crippen LogP contribution in [0, 0.1) is 0 Å². The molecule has 0 saturated carbocycles. The van der Waals surface area contributed by atoms with Crippen molar-refractivity contribution in [2.75, 3.05) is 5.32 Å². The van der Waals surface area contributed by atoms with E-state index in [2.05, 4.69) is 47.2 Å². The summed E-state index contributed by atoms with van der Waals surface area (Å²) < 4.78 is 1.04. The topological polar surface area (TPSA) is 32.3 Å². The highest BCUT2D eigenvalue weighted by atomic mass is 79.9. The molecule has 0 fully saturated rings. The Morgan fingerprint density at radius 2 is 1.86 bits per heavy atom. The van der Waals surface area contributed by atoms with Crippen LogP contribution in [0.1, 0.15) is 42.4 Å². The molecule has 3 rings (SSSR count). The van der Waals surface area contributed by atoms with Crippen LogP contribution in [0.2, 0.25) is 0 Å². The van der Waals surface area contributed by atoms with Gasteiger partial charge in [0.05, 0.1) is 5.56 Å². The number of halogens is 1. The first-order chi connectivity index (χ1) is 10.6. The second-order valence-electron chi connectivity index (χ2n) is 5.61. The van der Waals surface area contributed by atoms with E-state index in [9.17, 15) is 4.79 Å². The molecule has 2 aromatic rings. The highest BCUT2D eigenvalue weighted by Crippen LogP contribution is 2.35. The van der Waals surface area contributed by atoms with E-state index in [4.69, 9.17) is 0 Å². The Labute approximate surface area is 139 Å². The molecule has 2 aromatic carbocycles. The number of hydrogen-bond acceptors (Lipinski definition) is 2. The van der Waals surface area contributed by atoms with Crippen molar-refractivity contribution in [2.45, 2.75) is 32.5 Å². The smallest absolute Gasteiger partial charge is 0.258 e. The number of amides is 1. The maximum atomic E-state index is 12.9. The minimum absolute atomic E-state index is 0.0941. The van der Waals surface area contributed by atoms with Gasteiger partial charge in [0.15, 0.2) is 0 Å². The summed E-state index contributed by atoms with van der Waals surface area (Å²) in [6, 6.07) is 16.0. The summed E-state index contributed by atoms with van der Waals surface area (Å²) in [4.78, 5) is 14.9. The highest BCUT2D eigenvalue weighted by molar-refractivity contribution is 9.10. The van der Waals surface area contributed by atoms with E-state index < -0.39 is 0 Å². The van der Waals surface area contributed by atoms with Gasteiger partial charge in [-0.25, -0.2) is 0 Å². The van der Waals surface area contributed by atoms with E-state index in [1.54, 1.807) is 0 Å². The Morgan fingerprint density at radius 1 is 1.18 bits per heavy atom. The average Bonchev–Trinajstić information content (AvgIpc) is 2.55. The molecule has 114 valence electrons. The summed E-state index contributed by atoms with van der Waals surface area (Å²) in [5.41, 5.74) is 2.74. The number of benzene rings is 2. The van der Waals surface area contributed by atoms with Crippen LogP contribution in [0.4, 0.5) is 5.69 Å². The summed E-state index contributed by atoms with van der Waals surface area (Å²) >= 11 is 3.46. The second kappa shape index (κ2) is 6.13. The lowest BCUT2D eigenvalue weighted by atomic mass is 10.0. The lowest BCUT2D eigenvalue weighted by Crippen LogP contribution is -2.47. The van der Waals surface area contributed by atoms with E-state index in [0.29, 0.717) is 0 Å². The zero-order chi connectivity index (χ0) is 15.7. The van der Waals surface area contributed by atoms with E-state index >= 15 is 0 Å². The van der Waals surface area contributed by atoms with E-state index in [-0.39, 0.29) is 18.1 Å². The Kier molecular flexibility index (Phi) is 4.21. The van der Waals surface area contributed by atoms with Gasteiger partial charge in [-0.1, -0.05) is 47.1 Å². The second-order valence-corrected chi connectivity index (χ2v) is 6.53. The van der Waals surface area contributed by atoms with Gasteiger partial charge in [0, 0.05) is 16.2 Å². The summed E-state index contributed by atoms with van der Waals surface area (Å²) in [5.74, 6) is 0.0941. The quantitative estimate of drug-likeness (QED) is 0.853. The molecule has 0 aliphatic carbocycles. The van der Waals surface area contributed by atoms with E-state index in [0.717, 1.165) is 27.7 Å². The van der Waals surface area contributed by atoms with Crippen molar-refractivity contribution in [1.82, 2.24) is 4.90 Å². The molecular formula is C18H19BrN2O. The number of para-hydroxylation sites is 1. The standard InChI is InChI=1S/C18H19BrN2O/c1-3-12(2)21-17(13-8-10-14(19)11-9-13)20-16-7-5-4-6-15(16)18(21)22/h4-12,17,20H,3H2,1-2H3. The summed E-state index contributed by atoms with van der Waals surface area (Å²) in [6.07, 6.45) is 0.785. The summed E-state index contributed by atoms with van der Waals surface area (Å²) in [5, 5.41) is 3.52. The van der Waals surface area contributed by atoms with Crippen LogP contribution < -0.4 is 5.32 Å². The van der Waals surface area contributed by atoms with Gasteiger partial charge in [0.1, 0.15) is 6.17 Å². The van der Waals surface area contributed by atoms with Gasteiger partial charge in [-0.15, -0.1) is 0 Å². The van der Waals surface area contributed by atoms with E-state index in [1.165, 1.54) is 0 Å². The van der Waals surface area contributed by atoms with Crippen LogP contribution in [0.5, 0.6) is 0 Å². The maximum absolute atomic E-state index is 12.9. The van der Waals surface area contributed by atoms with Crippen molar-refractivity contribution in [2.24, 2.45) is 0 Å². The van der Waals surface area contributed by atoms with Gasteiger partial charge in [0.25, 0.3) is 5.91 Å². The maximum Gasteiger partial charge on any atom is 0.258 e. The van der Waals surface area contributed by atoms with Crippen LogP contribution in [0.3, 0.4) is 0 Å². The zero-order valence-electron chi connectivity index (χ0n) is 12.7. The molecule has 1 heterocycles. The first-order valence-corrected chi connectivity index (χ1v) is 8.34. The molecule has 1 aliphatic heterocycles. The molecule has 2 unspecified atom stereocenters. The van der Waals surface area contributed by atoms with Gasteiger partial charge in [-0.3, -0.25) is 4.79 Å². The molecule has 3 nitrogen and oxygen atoms in total. The molecule has 0 saturated heterocycles. The number of carbonyl (C=O) groups is 1. The van der Waals surface area contributed by atoms with Crippen LogP contribution in [0.15, 0.2) is 53.0 Å². The number of anilines is 1. The fourth-order valence-electron chi connectivity index (χ4n) is 2.81. The Morgan fingerprint density at radius 3 is 2.55 bits per heavy atom. The molecule has 4 heteroatoms. The van der Waals surface area contributed by atoms with Crippen molar-refractivity contribution < 1.29 is 4.79 Å². The third-order valence-electron chi connectivity index (χ3n) is 4.21. The molecular weight excluding hydrogens is 340 g/mol. The first-order valence-electron chi connectivity index (χ1n) is 7.55. The normalized spacial score (nSPS) is 18.6. The van der Waals surface area contributed by atoms with Gasteiger partial charge >= 0.3 is 0 Å². The lowest BCUT2D eigenvalue weighted by Gasteiger charge is -2.41. The summed E-state index contributed by atoms with van der Waals surface area (Å²) in [7, 11) is 0. The van der Waals surface area contributed by atoms with Crippen molar-refractivity contribution >= 4 is 27.5 Å². The third kappa shape index (κ3) is 2.63. The van der Waals surface area contributed by atoms with Crippen molar-refractivity contribution in [3.8, 4) is 0 Å². The van der Waals surface area contributed by atoms with Crippen LogP contribution in [-0.2, 0) is 0 Å². The average molecular weight is 359 g/mol. The van der Waals surface area contributed by atoms with Gasteiger partial charge in [0.2, 0.25) is 0 Å². The zero-order valence-corrected chi connectivity index (χ0v) is 14.3. The minimum atomic E-state index is -0.134. The Hall–Kier alpha value is -1.81. The molecule has 0 bridgehead atoms. The largest absolute Gasteiger partial charge is 0.361 e. The van der Waals surface area contributed by atoms with Crippen molar-refractivity contribution in [3.63, 3.8) is 0 Å². The molecule has 2 atom stereocenters. The number of nitrogens with zero attached hydrogens (tertiary/aromatic N) is 1. The lowest BCUT2D eigenvalue weighted by molar-refractivity contribution is 0.0593. The number of fused-ring (bicyclic) bond motifs is 1. The van der Waals surface area contributed by atoms with Crippen LogP contribution in [0.25, 0.3) is 0 Å². The predicted octanol–water partition coefficient (Wildman–Crippen LogP) is 4.81. The fraction of sp³-hybridized carbons (Fsp3) is 0.278. The number of nitrogens with one attached hydrogen (secondary N) is 1. The van der Waals surface area contributed by atoms with Crippen molar-refractivity contribution in [3.05, 3.63) is 64.1 Å².